The van der Waals surface area contributed by atoms with Crippen molar-refractivity contribution in [2.75, 3.05) is 5.32 Å². The predicted octanol–water partition coefficient (Wildman–Crippen LogP) is 3.74. The molecule has 2 aromatic heterocycles. The molecule has 140 valence electrons. The standard InChI is InChI=1S/C18H15ClN2O5S/c1-8-10-4-3-5-12(19)14(10)26-13(8)18(24)25-9(2)16(23)21-17-11(15(20)22)6-7-27-17/h3-7,9H,1-2H3,(H2,20,22)(H,21,23). The Morgan fingerprint density at radius 3 is 2.70 bits per heavy atom. The van der Waals surface area contributed by atoms with Gasteiger partial charge in [0.2, 0.25) is 5.76 Å². The summed E-state index contributed by atoms with van der Waals surface area (Å²) in [7, 11) is 0. The van der Waals surface area contributed by atoms with E-state index in [1.807, 2.05) is 0 Å². The predicted molar refractivity (Wildman–Crippen MR) is 102 cm³/mol. The van der Waals surface area contributed by atoms with Crippen LogP contribution in [0.15, 0.2) is 34.1 Å². The molecule has 27 heavy (non-hydrogen) atoms. The van der Waals surface area contributed by atoms with Crippen molar-refractivity contribution in [1.82, 2.24) is 0 Å². The molecule has 0 bridgehead atoms. The fraction of sp³-hybridized carbons (Fsp3) is 0.167. The summed E-state index contributed by atoms with van der Waals surface area (Å²) in [6.45, 7) is 3.12. The molecule has 0 spiro atoms. The number of carbonyl (C=O) groups is 3. The molecule has 2 amide bonds. The van der Waals surface area contributed by atoms with E-state index in [0.717, 1.165) is 11.3 Å². The molecule has 1 atom stereocenters. The van der Waals surface area contributed by atoms with Gasteiger partial charge in [-0.15, -0.1) is 11.3 Å². The minimum absolute atomic E-state index is 0.0216. The molecule has 0 aliphatic rings. The van der Waals surface area contributed by atoms with E-state index in [9.17, 15) is 14.4 Å². The van der Waals surface area contributed by atoms with E-state index in [1.165, 1.54) is 13.0 Å². The third kappa shape index (κ3) is 3.67. The van der Waals surface area contributed by atoms with Gasteiger partial charge >= 0.3 is 5.97 Å². The average Bonchev–Trinajstić information content (AvgIpc) is 3.20. The molecule has 0 aliphatic heterocycles. The number of hydrogen-bond donors (Lipinski definition) is 2. The van der Waals surface area contributed by atoms with Crippen molar-refractivity contribution in [3.8, 4) is 0 Å². The molecule has 3 N–H and O–H groups in total. The zero-order valence-corrected chi connectivity index (χ0v) is 15.9. The van der Waals surface area contributed by atoms with Gasteiger partial charge in [-0.3, -0.25) is 9.59 Å². The zero-order valence-electron chi connectivity index (χ0n) is 14.4. The molecule has 1 unspecified atom stereocenters. The maximum atomic E-state index is 12.4. The van der Waals surface area contributed by atoms with E-state index >= 15 is 0 Å². The highest BCUT2D eigenvalue weighted by Gasteiger charge is 2.25. The summed E-state index contributed by atoms with van der Waals surface area (Å²) in [6.07, 6.45) is -1.12. The highest BCUT2D eigenvalue weighted by Crippen LogP contribution is 2.31. The molecule has 1 aromatic carbocycles. The molecule has 0 radical (unpaired) electrons. The number of thiophene rings is 1. The van der Waals surface area contributed by atoms with Crippen LogP contribution in [0.4, 0.5) is 5.00 Å². The monoisotopic (exact) mass is 406 g/mol. The number of primary amides is 1. The van der Waals surface area contributed by atoms with E-state index in [-0.39, 0.29) is 11.3 Å². The summed E-state index contributed by atoms with van der Waals surface area (Å²) in [4.78, 5) is 36.0. The number of amides is 2. The second kappa shape index (κ2) is 7.42. The highest BCUT2D eigenvalue weighted by molar-refractivity contribution is 7.14. The number of hydrogen-bond acceptors (Lipinski definition) is 6. The third-order valence-corrected chi connectivity index (χ3v) is 5.05. The number of benzene rings is 1. The van der Waals surface area contributed by atoms with E-state index < -0.39 is 23.9 Å². The smallest absolute Gasteiger partial charge is 0.375 e. The maximum Gasteiger partial charge on any atom is 0.375 e. The van der Waals surface area contributed by atoms with Crippen LogP contribution in [0.1, 0.15) is 33.4 Å². The van der Waals surface area contributed by atoms with Crippen LogP contribution in [0.25, 0.3) is 11.0 Å². The van der Waals surface area contributed by atoms with Gasteiger partial charge in [-0.25, -0.2) is 4.79 Å². The number of halogens is 1. The summed E-state index contributed by atoms with van der Waals surface area (Å²) < 4.78 is 10.7. The fourth-order valence-electron chi connectivity index (χ4n) is 2.48. The molecule has 0 saturated carbocycles. The Hall–Kier alpha value is -2.84. The molecular weight excluding hydrogens is 392 g/mol. The number of esters is 1. The van der Waals surface area contributed by atoms with Crippen molar-refractivity contribution in [2.24, 2.45) is 5.73 Å². The molecule has 3 aromatic rings. The Bertz CT molecular complexity index is 1060. The van der Waals surface area contributed by atoms with Crippen molar-refractivity contribution in [3.05, 3.63) is 51.6 Å². The van der Waals surface area contributed by atoms with Crippen molar-refractivity contribution < 1.29 is 23.5 Å². The quantitative estimate of drug-likeness (QED) is 0.627. The van der Waals surface area contributed by atoms with Gasteiger partial charge in [0.15, 0.2) is 11.7 Å². The number of fused-ring (bicyclic) bond motifs is 1. The van der Waals surface area contributed by atoms with Crippen molar-refractivity contribution in [2.45, 2.75) is 20.0 Å². The van der Waals surface area contributed by atoms with Gasteiger partial charge in [-0.2, -0.15) is 0 Å². The first kappa shape index (κ1) is 18.9. The minimum Gasteiger partial charge on any atom is -0.447 e. The van der Waals surface area contributed by atoms with Crippen LogP contribution < -0.4 is 11.1 Å². The lowest BCUT2D eigenvalue weighted by molar-refractivity contribution is -0.123. The Balaban J connectivity index is 1.75. The summed E-state index contributed by atoms with van der Waals surface area (Å²) in [6, 6.07) is 6.67. The molecule has 3 rings (SSSR count). The van der Waals surface area contributed by atoms with Crippen LogP contribution in [0.3, 0.4) is 0 Å². The number of nitrogens with two attached hydrogens (primary N) is 1. The maximum absolute atomic E-state index is 12.4. The molecule has 2 heterocycles. The number of anilines is 1. The molecule has 0 fully saturated rings. The summed E-state index contributed by atoms with van der Waals surface area (Å²) >= 11 is 7.22. The first-order valence-corrected chi connectivity index (χ1v) is 9.12. The lowest BCUT2D eigenvalue weighted by Gasteiger charge is -2.12. The molecular formula is C18H15ClN2O5S. The largest absolute Gasteiger partial charge is 0.447 e. The van der Waals surface area contributed by atoms with E-state index in [2.05, 4.69) is 5.32 Å². The van der Waals surface area contributed by atoms with Gasteiger partial charge in [0.05, 0.1) is 10.6 Å². The summed E-state index contributed by atoms with van der Waals surface area (Å²) in [5, 5.41) is 5.50. The second-order valence-electron chi connectivity index (χ2n) is 5.74. The van der Waals surface area contributed by atoms with Gasteiger partial charge < -0.3 is 20.2 Å². The number of para-hydroxylation sites is 1. The van der Waals surface area contributed by atoms with Crippen LogP contribution in [0, 0.1) is 6.92 Å². The van der Waals surface area contributed by atoms with Crippen molar-refractivity contribution in [3.63, 3.8) is 0 Å². The Morgan fingerprint density at radius 2 is 2.04 bits per heavy atom. The van der Waals surface area contributed by atoms with Gasteiger partial charge in [-0.1, -0.05) is 23.7 Å². The lowest BCUT2D eigenvalue weighted by atomic mass is 10.1. The van der Waals surface area contributed by atoms with Crippen LogP contribution >= 0.6 is 22.9 Å². The average molecular weight is 407 g/mol. The number of ether oxygens (including phenoxy) is 1. The number of nitrogens with one attached hydrogen (secondary N) is 1. The van der Waals surface area contributed by atoms with Gasteiger partial charge in [-0.05, 0) is 31.4 Å². The number of furan rings is 1. The molecule has 0 aliphatic carbocycles. The molecule has 7 nitrogen and oxygen atoms in total. The molecule has 0 saturated heterocycles. The lowest BCUT2D eigenvalue weighted by Crippen LogP contribution is -2.30. The van der Waals surface area contributed by atoms with E-state index in [0.29, 0.717) is 26.6 Å². The Labute approximate surface area is 163 Å². The Kier molecular flexibility index (Phi) is 5.20. The third-order valence-electron chi connectivity index (χ3n) is 3.92. The topological polar surface area (TPSA) is 112 Å². The first-order chi connectivity index (χ1) is 12.8. The normalized spacial score (nSPS) is 12.0. The van der Waals surface area contributed by atoms with Crippen LogP contribution in [0.2, 0.25) is 5.02 Å². The van der Waals surface area contributed by atoms with E-state index in [4.69, 9.17) is 26.5 Å². The van der Waals surface area contributed by atoms with Crippen molar-refractivity contribution in [1.29, 1.82) is 0 Å². The van der Waals surface area contributed by atoms with Crippen LogP contribution in [-0.2, 0) is 9.53 Å². The van der Waals surface area contributed by atoms with Gasteiger partial charge in [0, 0.05) is 10.9 Å². The van der Waals surface area contributed by atoms with E-state index in [1.54, 1.807) is 30.5 Å². The van der Waals surface area contributed by atoms with Crippen LogP contribution in [-0.4, -0.2) is 23.9 Å². The van der Waals surface area contributed by atoms with Crippen LogP contribution in [0.5, 0.6) is 0 Å². The number of rotatable bonds is 5. The minimum atomic E-state index is -1.12. The number of aryl methyl sites for hydroxylation is 1. The van der Waals surface area contributed by atoms with Crippen molar-refractivity contribution >= 4 is 56.7 Å². The van der Waals surface area contributed by atoms with Gasteiger partial charge in [0.1, 0.15) is 5.00 Å². The second-order valence-corrected chi connectivity index (χ2v) is 7.06. The number of carbonyl (C=O) groups excluding carboxylic acids is 3. The summed E-state index contributed by atoms with van der Waals surface area (Å²) in [5.74, 6) is -2.07. The summed E-state index contributed by atoms with van der Waals surface area (Å²) in [5.41, 5.74) is 6.38. The SMILES string of the molecule is Cc1c(C(=O)OC(C)C(=O)Nc2sccc2C(N)=O)oc2c(Cl)cccc12. The van der Waals surface area contributed by atoms with Gasteiger partial charge in [0.25, 0.3) is 11.8 Å². The molecule has 9 heteroatoms. The Morgan fingerprint density at radius 1 is 1.30 bits per heavy atom. The highest BCUT2D eigenvalue weighted by atomic mass is 35.5. The first-order valence-electron chi connectivity index (χ1n) is 7.86. The fourth-order valence-corrected chi connectivity index (χ4v) is 3.49. The zero-order chi connectivity index (χ0) is 19.7.